The summed E-state index contributed by atoms with van der Waals surface area (Å²) in [6.45, 7) is 4.25. The zero-order chi connectivity index (χ0) is 23.6. The lowest BCUT2D eigenvalue weighted by Gasteiger charge is -2.13. The largest absolute Gasteiger partial charge is 0.493 e. The molecule has 1 aromatic heterocycles. The van der Waals surface area contributed by atoms with E-state index < -0.39 is 0 Å². The van der Waals surface area contributed by atoms with Gasteiger partial charge in [0.15, 0.2) is 11.5 Å². The maximum atomic E-state index is 5.98. The minimum Gasteiger partial charge on any atom is -0.493 e. The summed E-state index contributed by atoms with van der Waals surface area (Å²) in [4.78, 5) is 0. The van der Waals surface area contributed by atoms with Crippen LogP contribution >= 0.6 is 11.8 Å². The third-order valence-corrected chi connectivity index (χ3v) is 6.25. The fraction of sp³-hybridized carbons (Fsp3) is 0.269. The van der Waals surface area contributed by atoms with E-state index in [1.54, 1.807) is 23.6 Å². The lowest BCUT2D eigenvalue weighted by molar-refractivity contribution is 0.284. The van der Waals surface area contributed by atoms with E-state index in [4.69, 9.17) is 9.47 Å². The van der Waals surface area contributed by atoms with E-state index in [1.807, 2.05) is 42.5 Å². The minimum atomic E-state index is 0.513. The summed E-state index contributed by atoms with van der Waals surface area (Å²) in [5, 5.41) is 16.3. The molecule has 0 saturated carbocycles. The number of ether oxygens (including phenoxy) is 2. The molecule has 1 N–H and O–H groups in total. The predicted octanol–water partition coefficient (Wildman–Crippen LogP) is 4.83. The summed E-state index contributed by atoms with van der Waals surface area (Å²) in [5.74, 6) is 2.42. The number of thioether (sulfide) groups is 1. The van der Waals surface area contributed by atoms with Crippen LogP contribution in [-0.4, -0.2) is 39.6 Å². The Kier molecular flexibility index (Phi) is 8.54. The average Bonchev–Trinajstić information content (AvgIpc) is 3.35. The topological polar surface area (TPSA) is 74.1 Å². The lowest BCUT2D eigenvalue weighted by Crippen LogP contribution is -2.15. The van der Waals surface area contributed by atoms with Gasteiger partial charge >= 0.3 is 0 Å². The first-order chi connectivity index (χ1) is 16.7. The summed E-state index contributed by atoms with van der Waals surface area (Å²) in [7, 11) is 1.67. The van der Waals surface area contributed by atoms with Crippen LogP contribution in [0.5, 0.6) is 11.5 Å². The number of nitrogens with zero attached hydrogens (tertiary/aromatic N) is 4. The summed E-state index contributed by atoms with van der Waals surface area (Å²) in [6, 6.07) is 24.4. The molecule has 4 rings (SSSR count). The Labute approximate surface area is 204 Å². The van der Waals surface area contributed by atoms with Crippen LogP contribution < -0.4 is 14.8 Å². The van der Waals surface area contributed by atoms with E-state index in [2.05, 4.69) is 58.1 Å². The van der Waals surface area contributed by atoms with Crippen molar-refractivity contribution in [1.29, 1.82) is 0 Å². The van der Waals surface area contributed by atoms with Gasteiger partial charge in [0, 0.05) is 12.3 Å². The number of hydrogen-bond acceptors (Lipinski definition) is 7. The number of hydrogen-bond donors (Lipinski definition) is 1. The Morgan fingerprint density at radius 1 is 0.941 bits per heavy atom. The highest BCUT2D eigenvalue weighted by Crippen LogP contribution is 2.29. The SMILES string of the molecule is COc1cc(CNCCCSc2nnnn2-c2ccccc2)ccc1OCc1ccc(C)cc1. The van der Waals surface area contributed by atoms with Crippen molar-refractivity contribution < 1.29 is 9.47 Å². The Hall–Kier alpha value is -3.36. The van der Waals surface area contributed by atoms with Crippen molar-refractivity contribution in [3.8, 4) is 17.2 Å². The number of rotatable bonds is 12. The molecule has 0 bridgehead atoms. The van der Waals surface area contributed by atoms with Gasteiger partial charge in [-0.2, -0.15) is 4.68 Å². The Morgan fingerprint density at radius 3 is 2.53 bits per heavy atom. The van der Waals surface area contributed by atoms with Gasteiger partial charge in [0.05, 0.1) is 12.8 Å². The van der Waals surface area contributed by atoms with Crippen molar-refractivity contribution in [3.63, 3.8) is 0 Å². The summed E-state index contributed by atoms with van der Waals surface area (Å²) >= 11 is 1.66. The maximum absolute atomic E-state index is 5.98. The van der Waals surface area contributed by atoms with Crippen molar-refractivity contribution in [2.24, 2.45) is 0 Å². The fourth-order valence-corrected chi connectivity index (χ4v) is 4.21. The highest BCUT2D eigenvalue weighted by molar-refractivity contribution is 7.99. The predicted molar refractivity (Wildman–Crippen MR) is 135 cm³/mol. The number of benzene rings is 3. The molecule has 0 atom stereocenters. The third-order valence-electron chi connectivity index (χ3n) is 5.24. The molecule has 8 heteroatoms. The number of methoxy groups -OCH3 is 1. The molecule has 0 amide bonds. The molecular formula is C26H29N5O2S. The highest BCUT2D eigenvalue weighted by Gasteiger charge is 2.09. The van der Waals surface area contributed by atoms with Gasteiger partial charge in [0.25, 0.3) is 0 Å². The van der Waals surface area contributed by atoms with Gasteiger partial charge in [0.2, 0.25) is 5.16 Å². The van der Waals surface area contributed by atoms with Gasteiger partial charge < -0.3 is 14.8 Å². The zero-order valence-corrected chi connectivity index (χ0v) is 20.3. The first kappa shape index (κ1) is 23.8. The molecule has 3 aromatic carbocycles. The van der Waals surface area contributed by atoms with Crippen LogP contribution in [0.3, 0.4) is 0 Å². The fourth-order valence-electron chi connectivity index (χ4n) is 3.38. The molecule has 0 saturated heterocycles. The van der Waals surface area contributed by atoms with Gasteiger partial charge in [-0.05, 0) is 65.7 Å². The van der Waals surface area contributed by atoms with Crippen molar-refractivity contribution in [3.05, 3.63) is 89.5 Å². The number of para-hydroxylation sites is 1. The smallest absolute Gasteiger partial charge is 0.214 e. The average molecular weight is 476 g/mol. The summed E-state index contributed by atoms with van der Waals surface area (Å²) in [5.41, 5.74) is 4.49. The second-order valence-corrected chi connectivity index (χ2v) is 8.91. The standard InChI is InChI=1S/C26H29N5O2S/c1-20-9-11-21(12-10-20)19-33-24-14-13-22(17-25(24)32-2)18-27-15-6-16-34-26-28-29-30-31(26)23-7-4-3-5-8-23/h3-5,7-14,17,27H,6,15-16,18-19H2,1-2H3. The third kappa shape index (κ3) is 6.59. The van der Waals surface area contributed by atoms with Crippen LogP contribution in [0, 0.1) is 6.92 Å². The molecule has 0 fully saturated rings. The molecule has 0 aliphatic heterocycles. The quantitative estimate of drug-likeness (QED) is 0.232. The molecule has 0 aliphatic carbocycles. The second kappa shape index (κ2) is 12.2. The van der Waals surface area contributed by atoms with Crippen molar-refractivity contribution in [2.45, 2.75) is 31.7 Å². The Balaban J connectivity index is 1.20. The number of aromatic nitrogens is 4. The van der Waals surface area contributed by atoms with E-state index in [-0.39, 0.29) is 0 Å². The number of tetrazole rings is 1. The van der Waals surface area contributed by atoms with E-state index in [0.717, 1.165) is 58.7 Å². The van der Waals surface area contributed by atoms with Crippen LogP contribution in [-0.2, 0) is 13.2 Å². The molecule has 0 unspecified atom stereocenters. The molecule has 0 spiro atoms. The van der Waals surface area contributed by atoms with Gasteiger partial charge in [-0.25, -0.2) is 0 Å². The number of aryl methyl sites for hydroxylation is 1. The molecule has 0 aliphatic rings. The van der Waals surface area contributed by atoms with Crippen LogP contribution in [0.4, 0.5) is 0 Å². The molecule has 0 radical (unpaired) electrons. The monoisotopic (exact) mass is 475 g/mol. The van der Waals surface area contributed by atoms with Crippen LogP contribution in [0.2, 0.25) is 0 Å². The molecule has 7 nitrogen and oxygen atoms in total. The van der Waals surface area contributed by atoms with Gasteiger partial charge in [-0.3, -0.25) is 0 Å². The van der Waals surface area contributed by atoms with Crippen LogP contribution in [0.15, 0.2) is 78.0 Å². The first-order valence-corrected chi connectivity index (χ1v) is 12.2. The van der Waals surface area contributed by atoms with E-state index in [9.17, 15) is 0 Å². The molecule has 176 valence electrons. The van der Waals surface area contributed by atoms with Crippen LogP contribution in [0.1, 0.15) is 23.1 Å². The highest BCUT2D eigenvalue weighted by atomic mass is 32.2. The molecule has 1 heterocycles. The van der Waals surface area contributed by atoms with E-state index in [1.165, 1.54) is 5.56 Å². The van der Waals surface area contributed by atoms with Gasteiger partial charge in [-0.1, -0.05) is 65.9 Å². The molecule has 34 heavy (non-hydrogen) atoms. The number of nitrogens with one attached hydrogen (secondary N) is 1. The Morgan fingerprint density at radius 2 is 1.74 bits per heavy atom. The first-order valence-electron chi connectivity index (χ1n) is 11.3. The van der Waals surface area contributed by atoms with Crippen LogP contribution in [0.25, 0.3) is 5.69 Å². The van der Waals surface area contributed by atoms with Crippen molar-refractivity contribution in [2.75, 3.05) is 19.4 Å². The minimum absolute atomic E-state index is 0.513. The Bertz CT molecular complexity index is 1170. The summed E-state index contributed by atoms with van der Waals surface area (Å²) in [6.07, 6.45) is 1.00. The molecule has 4 aromatic rings. The van der Waals surface area contributed by atoms with Crippen molar-refractivity contribution >= 4 is 11.8 Å². The lowest BCUT2D eigenvalue weighted by atomic mass is 10.1. The summed E-state index contributed by atoms with van der Waals surface area (Å²) < 4.78 is 13.3. The van der Waals surface area contributed by atoms with Crippen molar-refractivity contribution in [1.82, 2.24) is 25.5 Å². The zero-order valence-electron chi connectivity index (χ0n) is 19.5. The van der Waals surface area contributed by atoms with Gasteiger partial charge in [0.1, 0.15) is 6.61 Å². The van der Waals surface area contributed by atoms with E-state index >= 15 is 0 Å². The molecular weight excluding hydrogens is 446 g/mol. The van der Waals surface area contributed by atoms with E-state index in [0.29, 0.717) is 6.61 Å². The second-order valence-electron chi connectivity index (χ2n) is 7.85. The normalized spacial score (nSPS) is 10.9. The van der Waals surface area contributed by atoms with Gasteiger partial charge in [-0.15, -0.1) is 5.10 Å². The maximum Gasteiger partial charge on any atom is 0.214 e.